The van der Waals surface area contributed by atoms with E-state index in [0.717, 1.165) is 5.56 Å². The SMILES string of the molecule is CCOc1cc(CNC(=NC)NCC(C)Oc2cccc(F)c2)ccc1OC. The second-order valence-corrected chi connectivity index (χ2v) is 6.11. The number of ether oxygens (including phenoxy) is 3. The van der Waals surface area contributed by atoms with E-state index in [-0.39, 0.29) is 11.9 Å². The maximum absolute atomic E-state index is 13.2. The number of methoxy groups -OCH3 is 1. The van der Waals surface area contributed by atoms with Crippen LogP contribution in [0.2, 0.25) is 0 Å². The summed E-state index contributed by atoms with van der Waals surface area (Å²) in [7, 11) is 3.32. The van der Waals surface area contributed by atoms with Gasteiger partial charge in [-0.2, -0.15) is 0 Å². The summed E-state index contributed by atoms with van der Waals surface area (Å²) in [6.45, 7) is 5.50. The molecule has 0 aliphatic carbocycles. The van der Waals surface area contributed by atoms with Crippen molar-refractivity contribution in [1.82, 2.24) is 10.6 Å². The van der Waals surface area contributed by atoms with Gasteiger partial charge in [-0.05, 0) is 43.7 Å². The number of aliphatic imine (C=N–C) groups is 1. The van der Waals surface area contributed by atoms with Crippen LogP contribution in [-0.4, -0.2) is 39.4 Å². The molecule has 2 N–H and O–H groups in total. The number of guanidine groups is 1. The van der Waals surface area contributed by atoms with Crippen LogP contribution in [0.3, 0.4) is 0 Å². The van der Waals surface area contributed by atoms with E-state index in [4.69, 9.17) is 14.2 Å². The van der Waals surface area contributed by atoms with Gasteiger partial charge in [-0.15, -0.1) is 0 Å². The van der Waals surface area contributed by atoms with Gasteiger partial charge in [0.25, 0.3) is 0 Å². The van der Waals surface area contributed by atoms with Crippen LogP contribution < -0.4 is 24.8 Å². The van der Waals surface area contributed by atoms with Crippen molar-refractivity contribution >= 4 is 5.96 Å². The molecular formula is C21H28FN3O3. The molecular weight excluding hydrogens is 361 g/mol. The molecule has 0 saturated carbocycles. The number of benzene rings is 2. The van der Waals surface area contributed by atoms with Crippen molar-refractivity contribution in [2.24, 2.45) is 4.99 Å². The highest BCUT2D eigenvalue weighted by Crippen LogP contribution is 2.27. The number of nitrogens with one attached hydrogen (secondary N) is 2. The monoisotopic (exact) mass is 389 g/mol. The van der Waals surface area contributed by atoms with Crippen LogP contribution in [0.1, 0.15) is 19.4 Å². The van der Waals surface area contributed by atoms with Crippen LogP contribution in [0.4, 0.5) is 4.39 Å². The lowest BCUT2D eigenvalue weighted by Gasteiger charge is -2.18. The van der Waals surface area contributed by atoms with Gasteiger partial charge in [0.05, 0.1) is 20.3 Å². The van der Waals surface area contributed by atoms with Crippen molar-refractivity contribution in [3.05, 3.63) is 53.8 Å². The number of nitrogens with zero attached hydrogens (tertiary/aromatic N) is 1. The molecule has 0 bridgehead atoms. The minimum atomic E-state index is -0.318. The number of halogens is 1. The third-order valence-electron chi connectivity index (χ3n) is 3.90. The van der Waals surface area contributed by atoms with Crippen molar-refractivity contribution < 1.29 is 18.6 Å². The van der Waals surface area contributed by atoms with Gasteiger partial charge in [0.2, 0.25) is 0 Å². The van der Waals surface area contributed by atoms with E-state index in [1.807, 2.05) is 32.0 Å². The molecule has 0 saturated heterocycles. The summed E-state index contributed by atoms with van der Waals surface area (Å²) in [6, 6.07) is 11.9. The Bertz CT molecular complexity index is 783. The van der Waals surface area contributed by atoms with Crippen LogP contribution >= 0.6 is 0 Å². The maximum Gasteiger partial charge on any atom is 0.191 e. The Labute approximate surface area is 165 Å². The lowest BCUT2D eigenvalue weighted by Crippen LogP contribution is -2.41. The summed E-state index contributed by atoms with van der Waals surface area (Å²) in [6.07, 6.45) is -0.161. The molecule has 0 fully saturated rings. The van der Waals surface area contributed by atoms with Crippen molar-refractivity contribution in [2.75, 3.05) is 27.3 Å². The Hall–Kier alpha value is -2.96. The normalized spacial score (nSPS) is 12.2. The molecule has 0 spiro atoms. The van der Waals surface area contributed by atoms with E-state index in [1.165, 1.54) is 12.1 Å². The Morgan fingerprint density at radius 3 is 2.64 bits per heavy atom. The highest BCUT2D eigenvalue weighted by atomic mass is 19.1. The third kappa shape index (κ3) is 6.64. The van der Waals surface area contributed by atoms with Gasteiger partial charge in [0.15, 0.2) is 17.5 Å². The lowest BCUT2D eigenvalue weighted by atomic mass is 10.2. The average molecular weight is 389 g/mol. The van der Waals surface area contributed by atoms with E-state index in [2.05, 4.69) is 15.6 Å². The molecule has 7 heteroatoms. The smallest absolute Gasteiger partial charge is 0.191 e. The first kappa shape index (κ1) is 21.3. The quantitative estimate of drug-likeness (QED) is 0.509. The van der Waals surface area contributed by atoms with Gasteiger partial charge in [-0.3, -0.25) is 4.99 Å². The fraction of sp³-hybridized carbons (Fsp3) is 0.381. The van der Waals surface area contributed by atoms with Gasteiger partial charge in [0, 0.05) is 19.7 Å². The first-order chi connectivity index (χ1) is 13.5. The molecule has 2 rings (SSSR count). The van der Waals surface area contributed by atoms with Crippen molar-refractivity contribution in [2.45, 2.75) is 26.5 Å². The Morgan fingerprint density at radius 2 is 1.96 bits per heavy atom. The van der Waals surface area contributed by atoms with Gasteiger partial charge >= 0.3 is 0 Å². The highest BCUT2D eigenvalue weighted by molar-refractivity contribution is 5.79. The van der Waals surface area contributed by atoms with Crippen LogP contribution in [0.25, 0.3) is 0 Å². The highest BCUT2D eigenvalue weighted by Gasteiger charge is 2.08. The maximum atomic E-state index is 13.2. The predicted octanol–water partition coefficient (Wildman–Crippen LogP) is 3.37. The topological polar surface area (TPSA) is 64.1 Å². The first-order valence-electron chi connectivity index (χ1n) is 9.22. The molecule has 0 aliphatic rings. The van der Waals surface area contributed by atoms with Crippen LogP contribution in [0.15, 0.2) is 47.5 Å². The molecule has 0 heterocycles. The summed E-state index contributed by atoms with van der Waals surface area (Å²) in [4.78, 5) is 4.21. The van der Waals surface area contributed by atoms with Crippen LogP contribution in [0, 0.1) is 5.82 Å². The summed E-state index contributed by atoms with van der Waals surface area (Å²) >= 11 is 0. The molecule has 1 atom stereocenters. The van der Waals surface area contributed by atoms with E-state index in [1.54, 1.807) is 26.3 Å². The summed E-state index contributed by atoms with van der Waals surface area (Å²) in [5.74, 6) is 2.24. The van der Waals surface area contributed by atoms with Crippen LogP contribution in [0.5, 0.6) is 17.2 Å². The molecule has 2 aromatic rings. The second kappa shape index (κ2) is 11.0. The molecule has 28 heavy (non-hydrogen) atoms. The third-order valence-corrected chi connectivity index (χ3v) is 3.90. The number of hydrogen-bond acceptors (Lipinski definition) is 4. The van der Waals surface area contributed by atoms with Gasteiger partial charge < -0.3 is 24.8 Å². The molecule has 152 valence electrons. The molecule has 0 amide bonds. The number of rotatable bonds is 9. The summed E-state index contributed by atoms with van der Waals surface area (Å²) < 4.78 is 29.8. The van der Waals surface area contributed by atoms with E-state index < -0.39 is 0 Å². The average Bonchev–Trinajstić information content (AvgIpc) is 2.68. The molecule has 0 radical (unpaired) electrons. The van der Waals surface area contributed by atoms with E-state index in [0.29, 0.717) is 42.9 Å². The van der Waals surface area contributed by atoms with Crippen molar-refractivity contribution in [3.8, 4) is 17.2 Å². The van der Waals surface area contributed by atoms with E-state index in [9.17, 15) is 4.39 Å². The largest absolute Gasteiger partial charge is 0.493 e. The van der Waals surface area contributed by atoms with Crippen molar-refractivity contribution in [3.63, 3.8) is 0 Å². The minimum absolute atomic E-state index is 0.161. The molecule has 0 aromatic heterocycles. The zero-order valence-corrected chi connectivity index (χ0v) is 16.8. The fourth-order valence-electron chi connectivity index (χ4n) is 2.56. The Morgan fingerprint density at radius 1 is 1.14 bits per heavy atom. The molecule has 6 nitrogen and oxygen atoms in total. The van der Waals surface area contributed by atoms with Gasteiger partial charge in [-0.1, -0.05) is 12.1 Å². The summed E-state index contributed by atoms with van der Waals surface area (Å²) in [5, 5.41) is 6.45. The molecule has 2 aromatic carbocycles. The molecule has 0 aliphatic heterocycles. The standard InChI is InChI=1S/C21H28FN3O3/c1-5-27-20-11-16(9-10-19(20)26-4)14-25-21(23-3)24-13-15(2)28-18-8-6-7-17(22)12-18/h6-12,15H,5,13-14H2,1-4H3,(H2,23,24,25). The minimum Gasteiger partial charge on any atom is -0.493 e. The van der Waals surface area contributed by atoms with Gasteiger partial charge in [0.1, 0.15) is 17.7 Å². The Balaban J connectivity index is 1.85. The zero-order chi connectivity index (χ0) is 20.4. The molecule has 1 unspecified atom stereocenters. The van der Waals surface area contributed by atoms with Crippen molar-refractivity contribution in [1.29, 1.82) is 0 Å². The van der Waals surface area contributed by atoms with Gasteiger partial charge in [-0.25, -0.2) is 4.39 Å². The lowest BCUT2D eigenvalue weighted by molar-refractivity contribution is 0.223. The Kier molecular flexibility index (Phi) is 8.39. The second-order valence-electron chi connectivity index (χ2n) is 6.11. The fourth-order valence-corrected chi connectivity index (χ4v) is 2.56. The first-order valence-corrected chi connectivity index (χ1v) is 9.22. The van der Waals surface area contributed by atoms with E-state index >= 15 is 0 Å². The van der Waals surface area contributed by atoms with Crippen LogP contribution in [-0.2, 0) is 6.54 Å². The zero-order valence-electron chi connectivity index (χ0n) is 16.8. The number of hydrogen-bond donors (Lipinski definition) is 2. The predicted molar refractivity (Wildman–Crippen MR) is 109 cm³/mol. The summed E-state index contributed by atoms with van der Waals surface area (Å²) in [5.41, 5.74) is 1.04.